The Morgan fingerprint density at radius 1 is 1.22 bits per heavy atom. The number of alkyl halides is 5. The van der Waals surface area contributed by atoms with Crippen molar-refractivity contribution in [1.82, 2.24) is 4.31 Å². The summed E-state index contributed by atoms with van der Waals surface area (Å²) in [5.74, 6) is -6.46. The van der Waals surface area contributed by atoms with E-state index in [4.69, 9.17) is 9.88 Å². The molecule has 27 heavy (non-hydrogen) atoms. The molecule has 0 amide bonds. The van der Waals surface area contributed by atoms with Crippen LogP contribution < -0.4 is 9.88 Å². The van der Waals surface area contributed by atoms with Gasteiger partial charge in [0.15, 0.2) is 0 Å². The second-order valence-electron chi connectivity index (χ2n) is 6.72. The molecule has 1 saturated heterocycles. The normalized spacial score (nSPS) is 24.8. The Morgan fingerprint density at radius 3 is 2.33 bits per heavy atom. The summed E-state index contributed by atoms with van der Waals surface area (Å²) >= 11 is 0. The van der Waals surface area contributed by atoms with E-state index >= 15 is 0 Å². The summed E-state index contributed by atoms with van der Waals surface area (Å²) in [6.45, 7) is -1.16. The number of ether oxygens (including phenoxy) is 1. The molecule has 1 aromatic rings. The van der Waals surface area contributed by atoms with Gasteiger partial charge >= 0.3 is 6.18 Å². The van der Waals surface area contributed by atoms with Gasteiger partial charge in [0.1, 0.15) is 11.6 Å². The smallest absolute Gasteiger partial charge is 0.419 e. The van der Waals surface area contributed by atoms with E-state index in [1.54, 1.807) is 0 Å². The molecule has 0 radical (unpaired) electrons. The van der Waals surface area contributed by atoms with Crippen LogP contribution >= 0.6 is 0 Å². The van der Waals surface area contributed by atoms with Crippen molar-refractivity contribution in [1.29, 1.82) is 0 Å². The van der Waals surface area contributed by atoms with Crippen LogP contribution in [0.5, 0.6) is 5.75 Å². The number of benzene rings is 1. The number of nitrogens with two attached hydrogens (primary N) is 1. The number of hydrogen-bond acceptors (Lipinski definition) is 3. The Kier molecular flexibility index (Phi) is 4.67. The Labute approximate surface area is 151 Å². The van der Waals surface area contributed by atoms with Crippen molar-refractivity contribution >= 4 is 10.2 Å². The molecule has 0 bridgehead atoms. The van der Waals surface area contributed by atoms with Crippen LogP contribution in [-0.2, 0) is 16.4 Å². The zero-order valence-electron chi connectivity index (χ0n) is 13.8. The molecule has 12 heteroatoms. The third-order valence-corrected chi connectivity index (χ3v) is 6.40. The predicted molar refractivity (Wildman–Crippen MR) is 81.7 cm³/mol. The van der Waals surface area contributed by atoms with E-state index in [1.165, 1.54) is 0 Å². The molecule has 1 atom stereocenters. The van der Waals surface area contributed by atoms with Gasteiger partial charge < -0.3 is 4.74 Å². The van der Waals surface area contributed by atoms with E-state index in [1.807, 2.05) is 0 Å². The fourth-order valence-electron chi connectivity index (χ4n) is 3.70. The lowest BCUT2D eigenvalue weighted by atomic mass is 9.91. The van der Waals surface area contributed by atoms with Crippen LogP contribution in [0, 0.1) is 17.2 Å². The standard InChI is InChI=1S/C15H16F6N2O3S/c16-9-1-2-10(15(19,20)21)11(7-9)26-8-12-13(14(12,17)18)3-5-23(6-4-13)27(22,24)25/h1-2,7,12H,3-6,8H2,(H2,22,24,25). The third kappa shape index (κ3) is 3.49. The van der Waals surface area contributed by atoms with Gasteiger partial charge in [-0.3, -0.25) is 0 Å². The molecule has 1 aliphatic heterocycles. The molecule has 0 aromatic heterocycles. The van der Waals surface area contributed by atoms with Crippen molar-refractivity contribution in [2.24, 2.45) is 16.5 Å². The highest BCUT2D eigenvalue weighted by molar-refractivity contribution is 7.86. The third-order valence-electron chi connectivity index (χ3n) is 5.31. The lowest BCUT2D eigenvalue weighted by molar-refractivity contribution is -0.139. The quantitative estimate of drug-likeness (QED) is 0.765. The highest BCUT2D eigenvalue weighted by Gasteiger charge is 2.80. The lowest BCUT2D eigenvalue weighted by Gasteiger charge is -2.30. The molecule has 5 nitrogen and oxygen atoms in total. The Balaban J connectivity index is 1.72. The van der Waals surface area contributed by atoms with Crippen molar-refractivity contribution < 1.29 is 39.5 Å². The van der Waals surface area contributed by atoms with Crippen LogP contribution in [0.2, 0.25) is 0 Å². The molecular formula is C15H16F6N2O3S. The highest BCUT2D eigenvalue weighted by Crippen LogP contribution is 2.70. The van der Waals surface area contributed by atoms with E-state index in [2.05, 4.69) is 0 Å². The van der Waals surface area contributed by atoms with Gasteiger partial charge in [-0.15, -0.1) is 0 Å². The minimum atomic E-state index is -4.83. The van der Waals surface area contributed by atoms with Crippen LogP contribution in [0.1, 0.15) is 18.4 Å². The monoisotopic (exact) mass is 418 g/mol. The number of nitrogens with zero attached hydrogens (tertiary/aromatic N) is 1. The molecule has 1 spiro atoms. The molecule has 1 aliphatic carbocycles. The van der Waals surface area contributed by atoms with Gasteiger partial charge in [0.25, 0.3) is 16.1 Å². The van der Waals surface area contributed by atoms with Gasteiger partial charge in [0.2, 0.25) is 0 Å². The average Bonchev–Trinajstić information content (AvgIpc) is 2.96. The largest absolute Gasteiger partial charge is 0.492 e. The van der Waals surface area contributed by atoms with E-state index in [-0.39, 0.29) is 25.9 Å². The molecule has 2 aliphatic rings. The molecule has 3 rings (SSSR count). The van der Waals surface area contributed by atoms with E-state index < -0.39 is 57.4 Å². The van der Waals surface area contributed by atoms with Crippen LogP contribution in [0.15, 0.2) is 18.2 Å². The molecule has 1 unspecified atom stereocenters. The van der Waals surface area contributed by atoms with E-state index in [0.29, 0.717) is 18.2 Å². The van der Waals surface area contributed by atoms with Gasteiger partial charge in [0, 0.05) is 24.6 Å². The second-order valence-corrected chi connectivity index (χ2v) is 8.27. The number of piperidine rings is 1. The number of rotatable bonds is 4. The molecule has 1 saturated carbocycles. The Bertz CT molecular complexity index is 834. The molecular weight excluding hydrogens is 402 g/mol. The van der Waals surface area contributed by atoms with Gasteiger partial charge in [-0.2, -0.15) is 25.9 Å². The van der Waals surface area contributed by atoms with Gasteiger partial charge in [-0.05, 0) is 25.0 Å². The maximum atomic E-state index is 14.3. The highest BCUT2D eigenvalue weighted by atomic mass is 32.2. The minimum Gasteiger partial charge on any atom is -0.492 e. The summed E-state index contributed by atoms with van der Waals surface area (Å²) in [7, 11) is -3.99. The Morgan fingerprint density at radius 2 is 1.81 bits per heavy atom. The molecule has 2 N–H and O–H groups in total. The summed E-state index contributed by atoms with van der Waals surface area (Å²) in [5.41, 5.74) is -2.81. The molecule has 1 aromatic carbocycles. The summed E-state index contributed by atoms with van der Waals surface area (Å²) in [4.78, 5) is 0. The summed E-state index contributed by atoms with van der Waals surface area (Å²) < 4.78 is 109. The van der Waals surface area contributed by atoms with Gasteiger partial charge in [0.05, 0.1) is 18.1 Å². The first-order valence-corrected chi connectivity index (χ1v) is 9.44. The van der Waals surface area contributed by atoms with Crippen molar-refractivity contribution in [3.05, 3.63) is 29.6 Å². The Hall–Kier alpha value is -1.53. The molecule has 2 fully saturated rings. The van der Waals surface area contributed by atoms with Crippen molar-refractivity contribution in [2.45, 2.75) is 24.9 Å². The van der Waals surface area contributed by atoms with Crippen LogP contribution in [-0.4, -0.2) is 38.3 Å². The summed E-state index contributed by atoms with van der Waals surface area (Å²) in [6.07, 6.45) is -5.22. The predicted octanol–water partition coefficient (Wildman–Crippen LogP) is 2.77. The first kappa shape index (κ1) is 20.2. The molecule has 152 valence electrons. The number of halogens is 6. The minimum absolute atomic E-state index is 0.195. The van der Waals surface area contributed by atoms with Crippen molar-refractivity contribution in [2.75, 3.05) is 19.7 Å². The van der Waals surface area contributed by atoms with Crippen LogP contribution in [0.25, 0.3) is 0 Å². The first-order chi connectivity index (χ1) is 12.3. The van der Waals surface area contributed by atoms with Gasteiger partial charge in [-0.25, -0.2) is 18.3 Å². The van der Waals surface area contributed by atoms with Crippen LogP contribution in [0.4, 0.5) is 26.3 Å². The van der Waals surface area contributed by atoms with E-state index in [0.717, 1.165) is 4.31 Å². The maximum Gasteiger partial charge on any atom is 0.419 e. The second kappa shape index (κ2) is 6.24. The lowest BCUT2D eigenvalue weighted by Crippen LogP contribution is -2.44. The fraction of sp³-hybridized carbons (Fsp3) is 0.600. The SMILES string of the molecule is NS(=O)(=O)N1CCC2(CC1)C(COc1cc(F)ccc1C(F)(F)F)C2(F)F. The van der Waals surface area contributed by atoms with Gasteiger partial charge in [-0.1, -0.05) is 0 Å². The summed E-state index contributed by atoms with van der Waals surface area (Å²) in [6, 6.07) is 1.58. The van der Waals surface area contributed by atoms with Crippen molar-refractivity contribution in [3.8, 4) is 5.75 Å². The first-order valence-electron chi connectivity index (χ1n) is 7.94. The van der Waals surface area contributed by atoms with Crippen molar-refractivity contribution in [3.63, 3.8) is 0 Å². The zero-order valence-corrected chi connectivity index (χ0v) is 14.6. The molecule has 1 heterocycles. The van der Waals surface area contributed by atoms with E-state index in [9.17, 15) is 34.8 Å². The zero-order chi connectivity index (χ0) is 20.3. The fourth-order valence-corrected chi connectivity index (χ4v) is 4.39. The van der Waals surface area contributed by atoms with Crippen LogP contribution in [0.3, 0.4) is 0 Å². The average molecular weight is 418 g/mol. The summed E-state index contributed by atoms with van der Waals surface area (Å²) in [5, 5.41) is 4.97. The topological polar surface area (TPSA) is 72.6 Å². The maximum absolute atomic E-state index is 14.3. The number of hydrogen-bond donors (Lipinski definition) is 1.